The Kier molecular flexibility index (Phi) is 4.92. The Morgan fingerprint density at radius 2 is 2.06 bits per heavy atom. The fourth-order valence-electron chi connectivity index (χ4n) is 1.27. The lowest BCUT2D eigenvalue weighted by molar-refractivity contribution is -0.122. The van der Waals surface area contributed by atoms with Crippen molar-refractivity contribution >= 4 is 5.91 Å². The van der Waals surface area contributed by atoms with Crippen LogP contribution in [0, 0.1) is 11.7 Å². The van der Waals surface area contributed by atoms with Gasteiger partial charge in [0.2, 0.25) is 5.91 Å². The van der Waals surface area contributed by atoms with Crippen LogP contribution in [0.5, 0.6) is 0 Å². The van der Waals surface area contributed by atoms with Crippen molar-refractivity contribution in [2.45, 2.75) is 19.9 Å². The van der Waals surface area contributed by atoms with Gasteiger partial charge in [-0.25, -0.2) is 4.39 Å². The largest absolute Gasteiger partial charge is 0.352 e. The third kappa shape index (κ3) is 4.40. The summed E-state index contributed by atoms with van der Waals surface area (Å²) in [5.41, 5.74) is 6.31. The lowest BCUT2D eigenvalue weighted by atomic mass is 10.1. The van der Waals surface area contributed by atoms with Crippen molar-refractivity contribution in [3.63, 3.8) is 0 Å². The fraction of sp³-hybridized carbons (Fsp3) is 0.417. The molecule has 1 rings (SSSR count). The zero-order valence-corrected chi connectivity index (χ0v) is 9.37. The number of nitrogens with two attached hydrogens (primary N) is 1. The van der Waals surface area contributed by atoms with E-state index < -0.39 is 0 Å². The van der Waals surface area contributed by atoms with Gasteiger partial charge in [0.15, 0.2) is 0 Å². The molecule has 1 atom stereocenters. The summed E-state index contributed by atoms with van der Waals surface area (Å²) in [6, 6.07) is 6.07. The maximum atomic E-state index is 12.6. The van der Waals surface area contributed by atoms with Crippen molar-refractivity contribution in [1.29, 1.82) is 0 Å². The lowest BCUT2D eigenvalue weighted by Crippen LogP contribution is -2.26. The van der Waals surface area contributed by atoms with E-state index in [9.17, 15) is 9.18 Å². The molecule has 0 saturated carbocycles. The first-order valence-electron chi connectivity index (χ1n) is 5.33. The highest BCUT2D eigenvalue weighted by molar-refractivity contribution is 5.76. The Morgan fingerprint density at radius 3 is 2.62 bits per heavy atom. The molecule has 1 amide bonds. The molecular weight excluding hydrogens is 207 g/mol. The molecule has 0 fully saturated rings. The SMILES string of the molecule is CC(CN)CC(=O)NCc1ccc(F)cc1. The Balaban J connectivity index is 2.34. The van der Waals surface area contributed by atoms with Crippen LogP contribution >= 0.6 is 0 Å². The van der Waals surface area contributed by atoms with E-state index in [2.05, 4.69) is 5.32 Å². The number of carbonyl (C=O) groups excluding carboxylic acids is 1. The number of amides is 1. The molecule has 0 aliphatic carbocycles. The second-order valence-electron chi connectivity index (χ2n) is 3.95. The van der Waals surface area contributed by atoms with Gasteiger partial charge in [0.05, 0.1) is 0 Å². The van der Waals surface area contributed by atoms with E-state index in [1.165, 1.54) is 12.1 Å². The van der Waals surface area contributed by atoms with Crippen LogP contribution in [0.3, 0.4) is 0 Å². The van der Waals surface area contributed by atoms with Gasteiger partial charge in [-0.05, 0) is 30.2 Å². The van der Waals surface area contributed by atoms with Crippen molar-refractivity contribution in [1.82, 2.24) is 5.32 Å². The average molecular weight is 224 g/mol. The predicted octanol–water partition coefficient (Wildman–Crippen LogP) is 1.43. The third-order valence-electron chi connectivity index (χ3n) is 2.34. The van der Waals surface area contributed by atoms with Crippen LogP contribution in [0.1, 0.15) is 18.9 Å². The average Bonchev–Trinajstić information content (AvgIpc) is 2.28. The number of halogens is 1. The standard InChI is InChI=1S/C12H17FN2O/c1-9(7-14)6-12(16)15-8-10-2-4-11(13)5-3-10/h2-5,9H,6-8,14H2,1H3,(H,15,16). The topological polar surface area (TPSA) is 55.1 Å². The maximum Gasteiger partial charge on any atom is 0.220 e. The van der Waals surface area contributed by atoms with E-state index in [0.717, 1.165) is 5.56 Å². The number of rotatable bonds is 5. The van der Waals surface area contributed by atoms with Gasteiger partial charge in [0.1, 0.15) is 5.82 Å². The molecule has 0 spiro atoms. The zero-order valence-electron chi connectivity index (χ0n) is 9.37. The molecule has 16 heavy (non-hydrogen) atoms. The Labute approximate surface area is 94.8 Å². The molecule has 0 aliphatic heterocycles. The van der Waals surface area contributed by atoms with Crippen LogP contribution in [0.4, 0.5) is 4.39 Å². The number of hydrogen-bond acceptors (Lipinski definition) is 2. The zero-order chi connectivity index (χ0) is 12.0. The van der Waals surface area contributed by atoms with Crippen molar-refractivity contribution in [3.05, 3.63) is 35.6 Å². The maximum absolute atomic E-state index is 12.6. The molecule has 0 bridgehead atoms. The van der Waals surface area contributed by atoms with E-state index in [1.54, 1.807) is 12.1 Å². The molecule has 0 aromatic heterocycles. The molecule has 1 unspecified atom stereocenters. The summed E-state index contributed by atoms with van der Waals surface area (Å²) >= 11 is 0. The number of carbonyl (C=O) groups is 1. The van der Waals surface area contributed by atoms with E-state index in [-0.39, 0.29) is 17.6 Å². The Bertz CT molecular complexity index is 337. The highest BCUT2D eigenvalue weighted by Crippen LogP contribution is 2.03. The van der Waals surface area contributed by atoms with Crippen LogP contribution in [0.25, 0.3) is 0 Å². The Hall–Kier alpha value is -1.42. The van der Waals surface area contributed by atoms with Crippen LogP contribution in [-0.4, -0.2) is 12.5 Å². The second-order valence-corrected chi connectivity index (χ2v) is 3.95. The van der Waals surface area contributed by atoms with Crippen molar-refractivity contribution in [3.8, 4) is 0 Å². The van der Waals surface area contributed by atoms with Gasteiger partial charge in [-0.1, -0.05) is 19.1 Å². The summed E-state index contributed by atoms with van der Waals surface area (Å²) < 4.78 is 12.6. The van der Waals surface area contributed by atoms with Crippen LogP contribution in [0.15, 0.2) is 24.3 Å². The summed E-state index contributed by atoms with van der Waals surface area (Å²) in [4.78, 5) is 11.4. The second kappa shape index (κ2) is 6.23. The fourth-order valence-corrected chi connectivity index (χ4v) is 1.27. The van der Waals surface area contributed by atoms with Gasteiger partial charge in [0, 0.05) is 13.0 Å². The molecule has 3 nitrogen and oxygen atoms in total. The van der Waals surface area contributed by atoms with Gasteiger partial charge in [0.25, 0.3) is 0 Å². The van der Waals surface area contributed by atoms with Crippen molar-refractivity contribution in [2.75, 3.05) is 6.54 Å². The minimum Gasteiger partial charge on any atom is -0.352 e. The summed E-state index contributed by atoms with van der Waals surface area (Å²) in [7, 11) is 0. The van der Waals surface area contributed by atoms with E-state index in [1.807, 2.05) is 6.92 Å². The highest BCUT2D eigenvalue weighted by atomic mass is 19.1. The van der Waals surface area contributed by atoms with E-state index in [4.69, 9.17) is 5.73 Å². The van der Waals surface area contributed by atoms with Gasteiger partial charge in [-0.15, -0.1) is 0 Å². The van der Waals surface area contributed by atoms with Crippen LogP contribution < -0.4 is 11.1 Å². The molecule has 1 aromatic carbocycles. The molecule has 0 saturated heterocycles. The quantitative estimate of drug-likeness (QED) is 0.795. The summed E-state index contributed by atoms with van der Waals surface area (Å²) in [6.07, 6.45) is 0.428. The highest BCUT2D eigenvalue weighted by Gasteiger charge is 2.06. The molecule has 0 radical (unpaired) electrons. The van der Waals surface area contributed by atoms with Crippen LogP contribution in [0.2, 0.25) is 0 Å². The monoisotopic (exact) mass is 224 g/mol. The number of hydrogen-bond donors (Lipinski definition) is 2. The summed E-state index contributed by atoms with van der Waals surface area (Å²) in [5, 5.41) is 2.77. The predicted molar refractivity (Wildman–Crippen MR) is 61.1 cm³/mol. The molecular formula is C12H17FN2O. The third-order valence-corrected chi connectivity index (χ3v) is 2.34. The smallest absolute Gasteiger partial charge is 0.220 e. The van der Waals surface area contributed by atoms with Crippen molar-refractivity contribution in [2.24, 2.45) is 11.7 Å². The van der Waals surface area contributed by atoms with Gasteiger partial charge in [-0.2, -0.15) is 0 Å². The van der Waals surface area contributed by atoms with Crippen LogP contribution in [-0.2, 0) is 11.3 Å². The first kappa shape index (κ1) is 12.6. The molecule has 0 aliphatic rings. The molecule has 88 valence electrons. The molecule has 4 heteroatoms. The van der Waals surface area contributed by atoms with E-state index in [0.29, 0.717) is 19.5 Å². The van der Waals surface area contributed by atoms with Crippen molar-refractivity contribution < 1.29 is 9.18 Å². The molecule has 3 N–H and O–H groups in total. The van der Waals surface area contributed by atoms with E-state index >= 15 is 0 Å². The number of nitrogens with one attached hydrogen (secondary N) is 1. The minimum absolute atomic E-state index is 0.0257. The van der Waals surface area contributed by atoms with Gasteiger partial charge in [-0.3, -0.25) is 4.79 Å². The minimum atomic E-state index is -0.271. The molecule has 1 aromatic rings. The first-order chi connectivity index (χ1) is 7.61. The van der Waals surface area contributed by atoms with Gasteiger partial charge >= 0.3 is 0 Å². The molecule has 0 heterocycles. The first-order valence-corrected chi connectivity index (χ1v) is 5.33. The summed E-state index contributed by atoms with van der Waals surface area (Å²) in [6.45, 7) is 2.86. The number of benzene rings is 1. The summed E-state index contributed by atoms with van der Waals surface area (Å²) in [5.74, 6) is -0.109. The van der Waals surface area contributed by atoms with Gasteiger partial charge < -0.3 is 11.1 Å². The normalized spacial score (nSPS) is 12.2. The lowest BCUT2D eigenvalue weighted by Gasteiger charge is -2.09. The Morgan fingerprint density at radius 1 is 1.44 bits per heavy atom.